The first-order valence-corrected chi connectivity index (χ1v) is 7.71. The number of benzene rings is 1. The van der Waals surface area contributed by atoms with Crippen LogP contribution >= 0.6 is 0 Å². The summed E-state index contributed by atoms with van der Waals surface area (Å²) in [6.45, 7) is 1.93. The largest absolute Gasteiger partial charge is 0.347 e. The van der Waals surface area contributed by atoms with Gasteiger partial charge in [0.25, 0.3) is 0 Å². The van der Waals surface area contributed by atoms with Gasteiger partial charge in [-0.25, -0.2) is 19.4 Å². The topological polar surface area (TPSA) is 88.0 Å². The second-order valence-corrected chi connectivity index (χ2v) is 5.70. The Hall–Kier alpha value is -3.42. The molecule has 0 unspecified atom stereocenters. The maximum atomic E-state index is 12.2. The summed E-state index contributed by atoms with van der Waals surface area (Å²) in [6.07, 6.45) is 6.72. The van der Waals surface area contributed by atoms with E-state index in [4.69, 9.17) is 0 Å². The van der Waals surface area contributed by atoms with Crippen molar-refractivity contribution in [3.8, 4) is 5.69 Å². The van der Waals surface area contributed by atoms with Crippen LogP contribution in [0.4, 0.5) is 22.1 Å². The molecule has 8 nitrogen and oxygen atoms in total. The van der Waals surface area contributed by atoms with Gasteiger partial charge in [-0.3, -0.25) is 0 Å². The lowest BCUT2D eigenvalue weighted by Crippen LogP contribution is -2.20. The quantitative estimate of drug-likeness (QED) is 0.764. The number of carbonyl (C=O) groups excluding carboxylic acids is 1. The number of amides is 2. The Bertz CT molecular complexity index is 857. The monoisotopic (exact) mass is 337 g/mol. The summed E-state index contributed by atoms with van der Waals surface area (Å²) in [5.41, 5.74) is 3.11. The molecule has 0 bridgehead atoms. The summed E-state index contributed by atoms with van der Waals surface area (Å²) in [5, 5.41) is 9.73. The second-order valence-electron chi connectivity index (χ2n) is 5.70. The van der Waals surface area contributed by atoms with Crippen LogP contribution in [-0.2, 0) is 0 Å². The number of aromatic nitrogens is 4. The molecule has 0 radical (unpaired) electrons. The van der Waals surface area contributed by atoms with E-state index in [0.29, 0.717) is 11.6 Å². The zero-order valence-electron chi connectivity index (χ0n) is 14.3. The molecular weight excluding hydrogens is 318 g/mol. The van der Waals surface area contributed by atoms with E-state index in [0.717, 1.165) is 16.9 Å². The highest BCUT2D eigenvalue weighted by molar-refractivity contribution is 6.00. The first-order valence-electron chi connectivity index (χ1n) is 7.71. The lowest BCUT2D eigenvalue weighted by molar-refractivity contribution is 0.262. The first-order chi connectivity index (χ1) is 12.0. The molecule has 1 aromatic carbocycles. The van der Waals surface area contributed by atoms with E-state index >= 15 is 0 Å². The van der Waals surface area contributed by atoms with Gasteiger partial charge in [0.15, 0.2) is 0 Å². The molecule has 0 aliphatic rings. The molecule has 25 heavy (non-hydrogen) atoms. The third-order valence-electron chi connectivity index (χ3n) is 3.52. The van der Waals surface area contributed by atoms with Crippen molar-refractivity contribution < 1.29 is 4.79 Å². The van der Waals surface area contributed by atoms with Crippen LogP contribution in [0, 0.1) is 6.92 Å². The summed E-state index contributed by atoms with van der Waals surface area (Å²) < 4.78 is 1.76. The number of hydrogen-bond donors (Lipinski definition) is 2. The molecule has 2 N–H and O–H groups in total. The lowest BCUT2D eigenvalue weighted by atomic mass is 10.2. The van der Waals surface area contributed by atoms with Crippen LogP contribution in [0.3, 0.4) is 0 Å². The SMILES string of the molecule is Cc1cc(-n2cccn2)ccc1NC(=O)Nc1cnc(N(C)C)nc1. The van der Waals surface area contributed by atoms with Gasteiger partial charge in [0.1, 0.15) is 0 Å². The van der Waals surface area contributed by atoms with Crippen LogP contribution in [0.15, 0.2) is 49.1 Å². The molecule has 0 aliphatic carbocycles. The normalized spacial score (nSPS) is 10.4. The number of hydrogen-bond acceptors (Lipinski definition) is 5. The summed E-state index contributed by atoms with van der Waals surface area (Å²) in [6, 6.07) is 7.20. The average molecular weight is 337 g/mol. The molecule has 128 valence electrons. The van der Waals surface area contributed by atoms with Crippen LogP contribution in [0.25, 0.3) is 5.69 Å². The van der Waals surface area contributed by atoms with E-state index in [-0.39, 0.29) is 6.03 Å². The van der Waals surface area contributed by atoms with Gasteiger partial charge < -0.3 is 15.5 Å². The molecule has 0 atom stereocenters. The van der Waals surface area contributed by atoms with Gasteiger partial charge in [-0.1, -0.05) is 0 Å². The Labute approximate surface area is 145 Å². The van der Waals surface area contributed by atoms with Crippen molar-refractivity contribution in [2.75, 3.05) is 29.6 Å². The molecule has 3 aromatic rings. The van der Waals surface area contributed by atoms with Crippen LogP contribution in [-0.4, -0.2) is 39.9 Å². The number of anilines is 3. The Morgan fingerprint density at radius 2 is 1.92 bits per heavy atom. The van der Waals surface area contributed by atoms with Gasteiger partial charge in [0.05, 0.1) is 23.8 Å². The summed E-state index contributed by atoms with van der Waals surface area (Å²) in [7, 11) is 3.70. The van der Waals surface area contributed by atoms with Gasteiger partial charge in [-0.05, 0) is 36.8 Å². The first kappa shape index (κ1) is 16.4. The zero-order chi connectivity index (χ0) is 17.8. The number of carbonyl (C=O) groups is 1. The van der Waals surface area contributed by atoms with E-state index in [2.05, 4.69) is 25.7 Å². The van der Waals surface area contributed by atoms with Gasteiger partial charge >= 0.3 is 6.03 Å². The minimum atomic E-state index is -0.351. The summed E-state index contributed by atoms with van der Waals surface area (Å²) in [4.78, 5) is 22.3. The Kier molecular flexibility index (Phi) is 4.60. The fourth-order valence-corrected chi connectivity index (χ4v) is 2.25. The third kappa shape index (κ3) is 3.92. The molecule has 0 fully saturated rings. The number of aryl methyl sites for hydroxylation is 1. The molecule has 2 heterocycles. The standard InChI is InChI=1S/C17H19N7O/c1-12-9-14(24-8-4-7-20-24)5-6-15(12)22-17(25)21-13-10-18-16(19-11-13)23(2)3/h4-11H,1-3H3,(H2,21,22,25). The molecular formula is C17H19N7O. The van der Waals surface area contributed by atoms with E-state index < -0.39 is 0 Å². The Morgan fingerprint density at radius 1 is 1.16 bits per heavy atom. The van der Waals surface area contributed by atoms with Crippen molar-refractivity contribution in [3.05, 3.63) is 54.6 Å². The Balaban J connectivity index is 1.66. The molecule has 3 rings (SSSR count). The van der Waals surface area contributed by atoms with Gasteiger partial charge in [0, 0.05) is 32.2 Å². The number of nitrogens with zero attached hydrogens (tertiary/aromatic N) is 5. The van der Waals surface area contributed by atoms with Crippen molar-refractivity contribution in [1.29, 1.82) is 0 Å². The smallest absolute Gasteiger partial charge is 0.323 e. The summed E-state index contributed by atoms with van der Waals surface area (Å²) in [5.74, 6) is 0.580. The fourth-order valence-electron chi connectivity index (χ4n) is 2.25. The molecule has 2 aromatic heterocycles. The van der Waals surface area contributed by atoms with Crippen molar-refractivity contribution in [2.24, 2.45) is 0 Å². The molecule has 0 saturated heterocycles. The van der Waals surface area contributed by atoms with E-state index in [9.17, 15) is 4.79 Å². The van der Waals surface area contributed by atoms with Gasteiger partial charge in [-0.15, -0.1) is 0 Å². The van der Waals surface area contributed by atoms with Crippen molar-refractivity contribution in [2.45, 2.75) is 6.92 Å². The van der Waals surface area contributed by atoms with Crippen molar-refractivity contribution in [3.63, 3.8) is 0 Å². The van der Waals surface area contributed by atoms with Crippen LogP contribution in [0.5, 0.6) is 0 Å². The molecule has 0 saturated carbocycles. The highest BCUT2D eigenvalue weighted by Crippen LogP contribution is 2.19. The average Bonchev–Trinajstić information content (AvgIpc) is 3.11. The number of nitrogens with one attached hydrogen (secondary N) is 2. The van der Waals surface area contributed by atoms with Crippen molar-refractivity contribution >= 4 is 23.4 Å². The molecule has 0 spiro atoms. The maximum absolute atomic E-state index is 12.2. The van der Waals surface area contributed by atoms with Crippen LogP contribution in [0.2, 0.25) is 0 Å². The van der Waals surface area contributed by atoms with Gasteiger partial charge in [-0.2, -0.15) is 5.10 Å². The van der Waals surface area contributed by atoms with Crippen LogP contribution in [0.1, 0.15) is 5.56 Å². The van der Waals surface area contributed by atoms with Crippen molar-refractivity contribution in [1.82, 2.24) is 19.7 Å². The molecule has 8 heteroatoms. The van der Waals surface area contributed by atoms with Gasteiger partial charge in [0.2, 0.25) is 5.95 Å². The van der Waals surface area contributed by atoms with E-state index in [1.165, 1.54) is 0 Å². The highest BCUT2D eigenvalue weighted by atomic mass is 16.2. The van der Waals surface area contributed by atoms with E-state index in [1.54, 1.807) is 28.2 Å². The Morgan fingerprint density at radius 3 is 2.52 bits per heavy atom. The highest BCUT2D eigenvalue weighted by Gasteiger charge is 2.08. The maximum Gasteiger partial charge on any atom is 0.323 e. The predicted octanol–water partition coefficient (Wildman–Crippen LogP) is 2.68. The minimum absolute atomic E-state index is 0.351. The zero-order valence-corrected chi connectivity index (χ0v) is 14.3. The second kappa shape index (κ2) is 7.00. The third-order valence-corrected chi connectivity index (χ3v) is 3.52. The minimum Gasteiger partial charge on any atom is -0.347 e. The molecule has 0 aliphatic heterocycles. The molecule has 2 amide bonds. The number of rotatable bonds is 4. The van der Waals surface area contributed by atoms with E-state index in [1.807, 2.05) is 51.5 Å². The summed E-state index contributed by atoms with van der Waals surface area (Å²) >= 11 is 0. The number of urea groups is 1. The predicted molar refractivity (Wildman–Crippen MR) is 97.3 cm³/mol. The lowest BCUT2D eigenvalue weighted by Gasteiger charge is -2.12. The van der Waals surface area contributed by atoms with Crippen LogP contribution < -0.4 is 15.5 Å². The fraction of sp³-hybridized carbons (Fsp3) is 0.176.